The molecule has 0 aromatic carbocycles. The van der Waals surface area contributed by atoms with Gasteiger partial charge in [0.15, 0.2) is 0 Å². The Bertz CT molecular complexity index is 416. The minimum absolute atomic E-state index is 0.0241. The summed E-state index contributed by atoms with van der Waals surface area (Å²) < 4.78 is 5.41. The molecule has 0 radical (unpaired) electrons. The fraction of sp³-hybridized carbons (Fsp3) is 0.867. The molecule has 2 aliphatic carbocycles. The molecule has 3 aliphatic rings. The topological polar surface area (TPSA) is 55.4 Å². The molecule has 2 bridgehead atoms. The lowest BCUT2D eigenvalue weighted by Gasteiger charge is -2.27. The van der Waals surface area contributed by atoms with E-state index in [4.69, 9.17) is 4.74 Å². The van der Waals surface area contributed by atoms with Crippen molar-refractivity contribution in [3.8, 4) is 0 Å². The summed E-state index contributed by atoms with van der Waals surface area (Å²) in [5.74, 6) is 1.42. The lowest BCUT2D eigenvalue weighted by molar-refractivity contribution is -0.144. The molecular formula is C15H23NO3. The van der Waals surface area contributed by atoms with E-state index in [-0.39, 0.29) is 29.3 Å². The number of hydrogen-bond donors (Lipinski definition) is 1. The molecule has 3 fully saturated rings. The highest BCUT2D eigenvalue weighted by molar-refractivity contribution is 5.82. The highest BCUT2D eigenvalue weighted by Gasteiger charge is 2.61. The molecule has 3 rings (SSSR count). The third-order valence-electron chi connectivity index (χ3n) is 5.65. The molecule has 4 nitrogen and oxygen atoms in total. The maximum Gasteiger partial charge on any atom is 0.310 e. The number of hydrogen-bond acceptors (Lipinski definition) is 3. The van der Waals surface area contributed by atoms with Crippen molar-refractivity contribution in [1.82, 2.24) is 5.32 Å². The fourth-order valence-corrected chi connectivity index (χ4v) is 4.03. The predicted molar refractivity (Wildman–Crippen MR) is 70.2 cm³/mol. The van der Waals surface area contributed by atoms with Gasteiger partial charge in [0, 0.05) is 17.9 Å². The number of carbonyl (C=O) groups excluding carboxylic acids is 2. The Balaban J connectivity index is 1.63. The van der Waals surface area contributed by atoms with Gasteiger partial charge < -0.3 is 10.1 Å². The van der Waals surface area contributed by atoms with Crippen molar-refractivity contribution in [2.24, 2.45) is 29.1 Å². The van der Waals surface area contributed by atoms with E-state index in [9.17, 15) is 9.59 Å². The Labute approximate surface area is 114 Å². The van der Waals surface area contributed by atoms with E-state index in [0.717, 1.165) is 19.3 Å². The minimum atomic E-state index is -0.323. The van der Waals surface area contributed by atoms with Crippen LogP contribution in [0.5, 0.6) is 0 Å². The van der Waals surface area contributed by atoms with Crippen LogP contribution in [0.15, 0.2) is 0 Å². The van der Waals surface area contributed by atoms with Crippen LogP contribution in [0, 0.1) is 29.1 Å². The normalized spacial score (nSPS) is 39.5. The second kappa shape index (κ2) is 4.22. The number of esters is 1. The summed E-state index contributed by atoms with van der Waals surface area (Å²) in [4.78, 5) is 24.0. The van der Waals surface area contributed by atoms with Crippen LogP contribution < -0.4 is 5.32 Å². The zero-order valence-corrected chi connectivity index (χ0v) is 11.9. The SMILES string of the molecule is CCC(C)(C)C(=O)NCC1C2CC3OC(=O)C1C3C2. The zero-order valence-electron chi connectivity index (χ0n) is 11.9. The van der Waals surface area contributed by atoms with Gasteiger partial charge in [0.05, 0.1) is 5.92 Å². The van der Waals surface area contributed by atoms with Gasteiger partial charge in [0.25, 0.3) is 0 Å². The van der Waals surface area contributed by atoms with Gasteiger partial charge in [0.2, 0.25) is 5.91 Å². The molecule has 0 aromatic rings. The number of fused-ring (bicyclic) bond motifs is 1. The lowest BCUT2D eigenvalue weighted by Crippen LogP contribution is -2.42. The van der Waals surface area contributed by atoms with E-state index in [0.29, 0.717) is 24.3 Å². The Morgan fingerprint density at radius 3 is 2.84 bits per heavy atom. The summed E-state index contributed by atoms with van der Waals surface area (Å²) in [6.45, 7) is 6.58. The van der Waals surface area contributed by atoms with Crippen molar-refractivity contribution in [2.75, 3.05) is 6.54 Å². The summed E-state index contributed by atoms with van der Waals surface area (Å²) >= 11 is 0. The molecule has 1 N–H and O–H groups in total. The van der Waals surface area contributed by atoms with Crippen LogP contribution in [-0.4, -0.2) is 24.5 Å². The number of ether oxygens (including phenoxy) is 1. The van der Waals surface area contributed by atoms with Crippen molar-refractivity contribution >= 4 is 11.9 Å². The minimum Gasteiger partial charge on any atom is -0.462 e. The van der Waals surface area contributed by atoms with Gasteiger partial charge in [-0.2, -0.15) is 0 Å². The first-order chi connectivity index (χ1) is 8.94. The third kappa shape index (κ3) is 1.87. The Morgan fingerprint density at radius 1 is 1.42 bits per heavy atom. The molecule has 1 saturated heterocycles. The van der Waals surface area contributed by atoms with Crippen LogP contribution in [0.3, 0.4) is 0 Å². The zero-order chi connectivity index (χ0) is 13.8. The molecule has 5 atom stereocenters. The summed E-state index contributed by atoms with van der Waals surface area (Å²) in [6.07, 6.45) is 3.12. The van der Waals surface area contributed by atoms with E-state index >= 15 is 0 Å². The monoisotopic (exact) mass is 265 g/mol. The van der Waals surface area contributed by atoms with E-state index < -0.39 is 0 Å². The number of carbonyl (C=O) groups is 2. The smallest absolute Gasteiger partial charge is 0.310 e. The molecule has 19 heavy (non-hydrogen) atoms. The molecule has 0 aromatic heterocycles. The van der Waals surface area contributed by atoms with Gasteiger partial charge in [-0.1, -0.05) is 20.8 Å². The van der Waals surface area contributed by atoms with Crippen molar-refractivity contribution in [2.45, 2.75) is 46.1 Å². The van der Waals surface area contributed by atoms with Gasteiger partial charge in [-0.3, -0.25) is 9.59 Å². The van der Waals surface area contributed by atoms with Crippen LogP contribution >= 0.6 is 0 Å². The number of rotatable bonds is 4. The predicted octanol–water partition coefficient (Wildman–Crippen LogP) is 1.74. The highest BCUT2D eigenvalue weighted by atomic mass is 16.6. The second-order valence-electron chi connectivity index (χ2n) is 7.01. The van der Waals surface area contributed by atoms with Gasteiger partial charge >= 0.3 is 5.97 Å². The molecule has 1 aliphatic heterocycles. The fourth-order valence-electron chi connectivity index (χ4n) is 4.03. The first kappa shape index (κ1) is 12.9. The van der Waals surface area contributed by atoms with E-state index in [1.807, 2.05) is 20.8 Å². The average Bonchev–Trinajstić information content (AvgIpc) is 2.96. The van der Waals surface area contributed by atoms with Gasteiger partial charge in [-0.05, 0) is 31.1 Å². The molecule has 5 unspecified atom stereocenters. The molecule has 106 valence electrons. The molecule has 1 amide bonds. The van der Waals surface area contributed by atoms with Crippen LogP contribution in [0.1, 0.15) is 40.0 Å². The summed E-state index contributed by atoms with van der Waals surface area (Å²) in [5, 5.41) is 3.06. The maximum absolute atomic E-state index is 12.1. The standard InChI is InChI=1S/C15H23NO3/c1-4-15(2,3)14(18)16-7-10-8-5-9-11(6-8)19-13(17)12(9)10/h8-12H,4-7H2,1-3H3,(H,16,18). The summed E-state index contributed by atoms with van der Waals surface area (Å²) in [7, 11) is 0. The number of amides is 1. The van der Waals surface area contributed by atoms with Crippen LogP contribution in [0.4, 0.5) is 0 Å². The highest BCUT2D eigenvalue weighted by Crippen LogP contribution is 2.57. The van der Waals surface area contributed by atoms with E-state index in [2.05, 4.69) is 5.32 Å². The molecule has 1 heterocycles. The third-order valence-corrected chi connectivity index (χ3v) is 5.65. The molecular weight excluding hydrogens is 242 g/mol. The van der Waals surface area contributed by atoms with Crippen LogP contribution in [-0.2, 0) is 14.3 Å². The number of nitrogens with one attached hydrogen (secondary N) is 1. The Kier molecular flexibility index (Phi) is 2.88. The largest absolute Gasteiger partial charge is 0.462 e. The van der Waals surface area contributed by atoms with Crippen molar-refractivity contribution in [1.29, 1.82) is 0 Å². The quantitative estimate of drug-likeness (QED) is 0.788. The first-order valence-electron chi connectivity index (χ1n) is 7.43. The molecule has 2 saturated carbocycles. The lowest BCUT2D eigenvalue weighted by atomic mass is 9.79. The summed E-state index contributed by atoms with van der Waals surface area (Å²) in [6, 6.07) is 0. The van der Waals surface area contributed by atoms with Gasteiger partial charge in [-0.15, -0.1) is 0 Å². The van der Waals surface area contributed by atoms with Crippen LogP contribution in [0.2, 0.25) is 0 Å². The Morgan fingerprint density at radius 2 is 2.16 bits per heavy atom. The average molecular weight is 265 g/mol. The van der Waals surface area contributed by atoms with Crippen molar-refractivity contribution in [3.05, 3.63) is 0 Å². The molecule has 0 spiro atoms. The van der Waals surface area contributed by atoms with Crippen molar-refractivity contribution in [3.63, 3.8) is 0 Å². The van der Waals surface area contributed by atoms with E-state index in [1.54, 1.807) is 0 Å². The maximum atomic E-state index is 12.1. The Hall–Kier alpha value is -1.06. The van der Waals surface area contributed by atoms with Gasteiger partial charge in [-0.25, -0.2) is 0 Å². The first-order valence-corrected chi connectivity index (χ1v) is 7.43. The van der Waals surface area contributed by atoms with E-state index in [1.165, 1.54) is 0 Å². The summed E-state index contributed by atoms with van der Waals surface area (Å²) in [5.41, 5.74) is -0.323. The molecule has 4 heteroatoms. The van der Waals surface area contributed by atoms with Crippen molar-refractivity contribution < 1.29 is 14.3 Å². The second-order valence-corrected chi connectivity index (χ2v) is 7.01. The van der Waals surface area contributed by atoms with Gasteiger partial charge in [0.1, 0.15) is 6.10 Å². The van der Waals surface area contributed by atoms with Crippen LogP contribution in [0.25, 0.3) is 0 Å².